The number of hydrogen-bond donors (Lipinski definition) is 1. The van der Waals surface area contributed by atoms with Crippen LogP contribution in [0.4, 0.5) is 0 Å². The van der Waals surface area contributed by atoms with Crippen LogP contribution in [0.1, 0.15) is 34.9 Å². The molecule has 6 nitrogen and oxygen atoms in total. The van der Waals surface area contributed by atoms with Gasteiger partial charge in [0, 0.05) is 31.8 Å². The molecule has 108 valence electrons. The highest BCUT2D eigenvalue weighted by molar-refractivity contribution is 5.90. The number of amides is 2. The third-order valence-electron chi connectivity index (χ3n) is 3.48. The lowest BCUT2D eigenvalue weighted by Gasteiger charge is -2.32. The normalized spacial score (nSPS) is 18.9. The molecule has 6 heteroatoms. The van der Waals surface area contributed by atoms with E-state index in [1.807, 2.05) is 6.07 Å². The number of likely N-dealkylation sites (tertiary alicyclic amines) is 1. The topological polar surface area (TPSA) is 85.5 Å². The van der Waals surface area contributed by atoms with Gasteiger partial charge in [0.2, 0.25) is 5.91 Å². The number of pyridine rings is 1. The van der Waals surface area contributed by atoms with Gasteiger partial charge in [-0.15, -0.1) is 0 Å². The van der Waals surface area contributed by atoms with Crippen molar-refractivity contribution >= 4 is 11.8 Å². The molecular formula is C14H19N3O3. The van der Waals surface area contributed by atoms with E-state index in [-0.39, 0.29) is 24.1 Å². The maximum absolute atomic E-state index is 11.9. The summed E-state index contributed by atoms with van der Waals surface area (Å²) in [5.41, 5.74) is 6.33. The Hall–Kier alpha value is -1.95. The van der Waals surface area contributed by atoms with E-state index in [0.29, 0.717) is 6.54 Å². The van der Waals surface area contributed by atoms with E-state index in [4.69, 9.17) is 10.5 Å². The van der Waals surface area contributed by atoms with Crippen LogP contribution in [0.25, 0.3) is 0 Å². The first-order valence-electron chi connectivity index (χ1n) is 6.65. The average Bonchev–Trinajstić information content (AvgIpc) is 2.48. The van der Waals surface area contributed by atoms with Gasteiger partial charge in [-0.25, -0.2) is 4.98 Å². The van der Waals surface area contributed by atoms with E-state index in [1.54, 1.807) is 17.0 Å². The molecule has 0 bridgehead atoms. The zero-order chi connectivity index (χ0) is 14.5. The summed E-state index contributed by atoms with van der Waals surface area (Å²) in [5.74, 6) is -0.401. The van der Waals surface area contributed by atoms with Crippen LogP contribution in [-0.4, -0.2) is 48.5 Å². The number of rotatable bonds is 4. The van der Waals surface area contributed by atoms with E-state index in [9.17, 15) is 9.59 Å². The molecule has 2 rings (SSSR count). The number of carbonyl (C=O) groups is 2. The fourth-order valence-corrected chi connectivity index (χ4v) is 2.48. The Morgan fingerprint density at radius 3 is 3.00 bits per heavy atom. The molecule has 1 saturated heterocycles. The molecule has 0 aliphatic carbocycles. The Kier molecular flexibility index (Phi) is 4.68. The third-order valence-corrected chi connectivity index (χ3v) is 3.48. The summed E-state index contributed by atoms with van der Waals surface area (Å²) in [5, 5.41) is 0. The van der Waals surface area contributed by atoms with Gasteiger partial charge in [0.1, 0.15) is 12.3 Å². The summed E-state index contributed by atoms with van der Waals surface area (Å²) in [6.45, 7) is 1.45. The minimum atomic E-state index is -0.532. The van der Waals surface area contributed by atoms with Crippen molar-refractivity contribution in [2.45, 2.75) is 18.8 Å². The highest BCUT2D eigenvalue weighted by atomic mass is 16.5. The van der Waals surface area contributed by atoms with Crippen molar-refractivity contribution in [2.24, 2.45) is 5.73 Å². The molecule has 1 fully saturated rings. The molecule has 20 heavy (non-hydrogen) atoms. The van der Waals surface area contributed by atoms with Crippen LogP contribution in [0.5, 0.6) is 0 Å². The minimum Gasteiger partial charge on any atom is -0.375 e. The van der Waals surface area contributed by atoms with Crippen LogP contribution >= 0.6 is 0 Å². The molecule has 1 aliphatic rings. The van der Waals surface area contributed by atoms with Crippen LogP contribution in [0.3, 0.4) is 0 Å². The van der Waals surface area contributed by atoms with Gasteiger partial charge in [0.25, 0.3) is 5.91 Å². The fraction of sp³-hybridized carbons (Fsp3) is 0.500. The summed E-state index contributed by atoms with van der Waals surface area (Å²) >= 11 is 0. The fourth-order valence-electron chi connectivity index (χ4n) is 2.48. The van der Waals surface area contributed by atoms with Crippen LogP contribution < -0.4 is 5.73 Å². The van der Waals surface area contributed by atoms with Crippen molar-refractivity contribution < 1.29 is 14.3 Å². The van der Waals surface area contributed by atoms with Gasteiger partial charge in [-0.2, -0.15) is 0 Å². The summed E-state index contributed by atoms with van der Waals surface area (Å²) in [7, 11) is 1.51. The highest BCUT2D eigenvalue weighted by Crippen LogP contribution is 2.25. The number of ether oxygens (including phenoxy) is 1. The van der Waals surface area contributed by atoms with Crippen LogP contribution in [0.15, 0.2) is 18.2 Å². The molecule has 1 aromatic heterocycles. The predicted octanol–water partition coefficient (Wildman–Crippen LogP) is 0.533. The first kappa shape index (κ1) is 14.5. The lowest BCUT2D eigenvalue weighted by atomic mass is 9.94. The standard InChI is InChI=1S/C14H19N3O3/c1-20-9-13(18)17-7-3-4-10(8-17)11-5-2-6-12(16-11)14(15)19/h2,5-6,10H,3-4,7-9H2,1H3,(H2,15,19)/t10-/m0/s1. The van der Waals surface area contributed by atoms with Gasteiger partial charge >= 0.3 is 0 Å². The maximum atomic E-state index is 11.9. The van der Waals surface area contributed by atoms with Gasteiger partial charge in [0.05, 0.1) is 0 Å². The number of primary amides is 1. The molecule has 0 unspecified atom stereocenters. The highest BCUT2D eigenvalue weighted by Gasteiger charge is 2.25. The monoisotopic (exact) mass is 277 g/mol. The molecule has 1 aliphatic heterocycles. The van der Waals surface area contributed by atoms with Crippen molar-refractivity contribution in [3.63, 3.8) is 0 Å². The maximum Gasteiger partial charge on any atom is 0.267 e. The summed E-state index contributed by atoms with van der Waals surface area (Å²) in [6.07, 6.45) is 1.87. The lowest BCUT2D eigenvalue weighted by molar-refractivity contribution is -0.136. The van der Waals surface area contributed by atoms with Crippen molar-refractivity contribution in [1.82, 2.24) is 9.88 Å². The lowest BCUT2D eigenvalue weighted by Crippen LogP contribution is -2.41. The summed E-state index contributed by atoms with van der Waals surface area (Å²) in [4.78, 5) is 29.1. The molecule has 0 radical (unpaired) electrons. The Labute approximate surface area is 117 Å². The quantitative estimate of drug-likeness (QED) is 0.870. The molecule has 1 aromatic rings. The first-order valence-corrected chi connectivity index (χ1v) is 6.65. The van der Waals surface area contributed by atoms with Crippen LogP contribution in [0, 0.1) is 0 Å². The number of nitrogens with zero attached hydrogens (tertiary/aromatic N) is 2. The first-order chi connectivity index (χ1) is 9.61. The summed E-state index contributed by atoms with van der Waals surface area (Å²) < 4.78 is 4.88. The molecule has 2 N–H and O–H groups in total. The van der Waals surface area contributed by atoms with E-state index in [2.05, 4.69) is 4.98 Å². The second kappa shape index (κ2) is 6.47. The number of hydrogen-bond acceptors (Lipinski definition) is 4. The number of nitrogens with two attached hydrogens (primary N) is 1. The molecule has 0 saturated carbocycles. The van der Waals surface area contributed by atoms with Crippen molar-refractivity contribution in [2.75, 3.05) is 26.8 Å². The summed E-state index contributed by atoms with van der Waals surface area (Å²) in [6, 6.07) is 5.25. The number of aromatic nitrogens is 1. The average molecular weight is 277 g/mol. The van der Waals surface area contributed by atoms with Gasteiger partial charge < -0.3 is 15.4 Å². The minimum absolute atomic E-state index is 0.0109. The number of methoxy groups -OCH3 is 1. The zero-order valence-electron chi connectivity index (χ0n) is 11.5. The third kappa shape index (κ3) is 3.33. The Morgan fingerprint density at radius 1 is 1.50 bits per heavy atom. The van der Waals surface area contributed by atoms with Gasteiger partial charge in [-0.3, -0.25) is 9.59 Å². The van der Waals surface area contributed by atoms with Gasteiger partial charge in [0.15, 0.2) is 0 Å². The Balaban J connectivity index is 2.10. The van der Waals surface area contributed by atoms with Crippen LogP contribution in [-0.2, 0) is 9.53 Å². The van der Waals surface area contributed by atoms with Crippen molar-refractivity contribution in [3.05, 3.63) is 29.6 Å². The second-order valence-corrected chi connectivity index (χ2v) is 4.92. The molecule has 2 amide bonds. The molecule has 0 aromatic carbocycles. The molecular weight excluding hydrogens is 258 g/mol. The predicted molar refractivity (Wildman–Crippen MR) is 73.2 cm³/mol. The molecule has 2 heterocycles. The zero-order valence-corrected chi connectivity index (χ0v) is 11.5. The van der Waals surface area contributed by atoms with E-state index in [0.717, 1.165) is 25.1 Å². The van der Waals surface area contributed by atoms with E-state index >= 15 is 0 Å². The SMILES string of the molecule is COCC(=O)N1CCC[C@H](c2cccc(C(N)=O)n2)C1. The Morgan fingerprint density at radius 2 is 2.30 bits per heavy atom. The van der Waals surface area contributed by atoms with E-state index < -0.39 is 5.91 Å². The van der Waals surface area contributed by atoms with Gasteiger partial charge in [-0.05, 0) is 25.0 Å². The van der Waals surface area contributed by atoms with E-state index in [1.165, 1.54) is 7.11 Å². The molecule has 1 atom stereocenters. The van der Waals surface area contributed by atoms with Gasteiger partial charge in [-0.1, -0.05) is 6.07 Å². The number of piperidine rings is 1. The number of carbonyl (C=O) groups excluding carboxylic acids is 2. The molecule has 0 spiro atoms. The Bertz CT molecular complexity index is 504. The van der Waals surface area contributed by atoms with Crippen LogP contribution in [0.2, 0.25) is 0 Å². The van der Waals surface area contributed by atoms with Crippen molar-refractivity contribution in [1.29, 1.82) is 0 Å². The van der Waals surface area contributed by atoms with Crippen molar-refractivity contribution in [3.8, 4) is 0 Å². The largest absolute Gasteiger partial charge is 0.375 e. The smallest absolute Gasteiger partial charge is 0.267 e. The second-order valence-electron chi connectivity index (χ2n) is 4.92.